The summed E-state index contributed by atoms with van der Waals surface area (Å²) >= 11 is 0. The van der Waals surface area contributed by atoms with E-state index in [0.29, 0.717) is 0 Å². The fraction of sp³-hybridized carbons (Fsp3) is 0.444. The fourth-order valence-corrected chi connectivity index (χ4v) is 0.886. The highest BCUT2D eigenvalue weighted by Crippen LogP contribution is 2.02. The van der Waals surface area contributed by atoms with Crippen LogP contribution >= 0.6 is 0 Å². The summed E-state index contributed by atoms with van der Waals surface area (Å²) in [6.45, 7) is 5.05. The van der Waals surface area contributed by atoms with Crippen molar-refractivity contribution >= 4 is 5.69 Å². The van der Waals surface area contributed by atoms with Gasteiger partial charge in [-0.05, 0) is 13.8 Å². The van der Waals surface area contributed by atoms with Crippen LogP contribution in [0, 0.1) is 0 Å². The summed E-state index contributed by atoms with van der Waals surface area (Å²) in [5.41, 5.74) is 2.39. The van der Waals surface area contributed by atoms with Gasteiger partial charge < -0.3 is 5.32 Å². The van der Waals surface area contributed by atoms with Crippen molar-refractivity contribution in [1.29, 1.82) is 0 Å². The first-order chi connectivity index (χ1) is 5.68. The Morgan fingerprint density at radius 1 is 1.67 bits per heavy atom. The molecule has 0 spiro atoms. The summed E-state index contributed by atoms with van der Waals surface area (Å²) in [4.78, 5) is 0. The number of nitrogens with zero attached hydrogens (tertiary/aromatic N) is 2. The van der Waals surface area contributed by atoms with Gasteiger partial charge in [0.05, 0.1) is 11.9 Å². The quantitative estimate of drug-likeness (QED) is 0.692. The molecular weight excluding hydrogens is 150 g/mol. The molecule has 3 heteroatoms. The molecule has 0 fully saturated rings. The van der Waals surface area contributed by atoms with Gasteiger partial charge in [0, 0.05) is 19.8 Å². The molecular formula is C9H15N3. The van der Waals surface area contributed by atoms with Gasteiger partial charge in [0.1, 0.15) is 0 Å². The Morgan fingerprint density at radius 3 is 2.92 bits per heavy atom. The maximum atomic E-state index is 4.05. The molecule has 1 aromatic rings. The smallest absolute Gasteiger partial charge is 0.0728 e. The molecule has 1 rings (SSSR count). The molecule has 1 heterocycles. The van der Waals surface area contributed by atoms with E-state index in [0.717, 1.165) is 12.2 Å². The summed E-state index contributed by atoms with van der Waals surface area (Å²) < 4.78 is 1.78. The van der Waals surface area contributed by atoms with Crippen molar-refractivity contribution in [2.24, 2.45) is 7.05 Å². The average Bonchev–Trinajstić information content (AvgIpc) is 2.35. The fourth-order valence-electron chi connectivity index (χ4n) is 0.886. The van der Waals surface area contributed by atoms with E-state index < -0.39 is 0 Å². The minimum atomic E-state index is 0.869. The molecule has 0 aliphatic heterocycles. The van der Waals surface area contributed by atoms with E-state index >= 15 is 0 Å². The van der Waals surface area contributed by atoms with E-state index in [2.05, 4.69) is 30.3 Å². The number of aromatic nitrogens is 2. The van der Waals surface area contributed by atoms with Crippen LogP contribution in [0.2, 0.25) is 0 Å². The van der Waals surface area contributed by atoms with E-state index in [1.54, 1.807) is 4.68 Å². The van der Waals surface area contributed by atoms with Crippen LogP contribution in [0.5, 0.6) is 0 Å². The third-order valence-corrected chi connectivity index (χ3v) is 1.52. The number of aryl methyl sites for hydroxylation is 1. The molecule has 12 heavy (non-hydrogen) atoms. The van der Waals surface area contributed by atoms with Crippen molar-refractivity contribution < 1.29 is 0 Å². The Balaban J connectivity index is 2.38. The molecule has 0 aromatic carbocycles. The lowest BCUT2D eigenvalue weighted by Gasteiger charge is -1.97. The minimum Gasteiger partial charge on any atom is -0.379 e. The number of allylic oxidation sites excluding steroid dienone is 1. The van der Waals surface area contributed by atoms with Crippen LogP contribution in [0.25, 0.3) is 0 Å². The molecule has 0 radical (unpaired) electrons. The molecule has 0 saturated heterocycles. The van der Waals surface area contributed by atoms with Crippen molar-refractivity contribution in [3.8, 4) is 0 Å². The highest BCUT2D eigenvalue weighted by atomic mass is 15.3. The Hall–Kier alpha value is -1.25. The van der Waals surface area contributed by atoms with Crippen molar-refractivity contribution in [3.63, 3.8) is 0 Å². The zero-order valence-corrected chi connectivity index (χ0v) is 7.83. The number of anilines is 1. The van der Waals surface area contributed by atoms with E-state index in [9.17, 15) is 0 Å². The zero-order chi connectivity index (χ0) is 8.97. The van der Waals surface area contributed by atoms with E-state index in [1.165, 1.54) is 5.57 Å². The SMILES string of the molecule is CC(C)=CCNc1cnn(C)c1. The molecule has 0 amide bonds. The molecule has 1 N–H and O–H groups in total. The topological polar surface area (TPSA) is 29.9 Å². The van der Waals surface area contributed by atoms with Crippen molar-refractivity contribution in [3.05, 3.63) is 24.0 Å². The van der Waals surface area contributed by atoms with Crippen LogP contribution in [0.1, 0.15) is 13.8 Å². The van der Waals surface area contributed by atoms with Crippen LogP contribution in [0.3, 0.4) is 0 Å². The molecule has 0 atom stereocenters. The minimum absolute atomic E-state index is 0.869. The second-order valence-corrected chi connectivity index (χ2v) is 3.07. The van der Waals surface area contributed by atoms with Crippen molar-refractivity contribution in [2.75, 3.05) is 11.9 Å². The third-order valence-electron chi connectivity index (χ3n) is 1.52. The summed E-state index contributed by atoms with van der Waals surface area (Å²) in [5, 5.41) is 7.28. The molecule has 0 aliphatic rings. The van der Waals surface area contributed by atoms with Crippen LogP contribution in [-0.2, 0) is 7.05 Å². The second-order valence-electron chi connectivity index (χ2n) is 3.07. The molecule has 3 nitrogen and oxygen atoms in total. The Morgan fingerprint density at radius 2 is 2.42 bits per heavy atom. The molecule has 66 valence electrons. The second kappa shape index (κ2) is 3.95. The Kier molecular flexibility index (Phi) is 2.91. The average molecular weight is 165 g/mol. The highest BCUT2D eigenvalue weighted by molar-refractivity contribution is 5.38. The van der Waals surface area contributed by atoms with Crippen LogP contribution in [0.15, 0.2) is 24.0 Å². The summed E-state index contributed by atoms with van der Waals surface area (Å²) in [6, 6.07) is 0. The Labute approximate surface area is 73.1 Å². The summed E-state index contributed by atoms with van der Waals surface area (Å²) in [7, 11) is 1.91. The van der Waals surface area contributed by atoms with Crippen LogP contribution in [0.4, 0.5) is 5.69 Å². The van der Waals surface area contributed by atoms with Crippen molar-refractivity contribution in [1.82, 2.24) is 9.78 Å². The molecule has 0 unspecified atom stereocenters. The van der Waals surface area contributed by atoms with Crippen molar-refractivity contribution in [2.45, 2.75) is 13.8 Å². The predicted octanol–water partition coefficient (Wildman–Crippen LogP) is 1.80. The van der Waals surface area contributed by atoms with Gasteiger partial charge in [-0.25, -0.2) is 0 Å². The van der Waals surface area contributed by atoms with Gasteiger partial charge in [-0.15, -0.1) is 0 Å². The van der Waals surface area contributed by atoms with E-state index in [-0.39, 0.29) is 0 Å². The Bertz CT molecular complexity index is 269. The maximum absolute atomic E-state index is 4.05. The molecule has 0 bridgehead atoms. The maximum Gasteiger partial charge on any atom is 0.0728 e. The van der Waals surface area contributed by atoms with Gasteiger partial charge in [0.15, 0.2) is 0 Å². The first kappa shape index (κ1) is 8.84. The number of hydrogen-bond donors (Lipinski definition) is 1. The molecule has 0 aliphatic carbocycles. The van der Waals surface area contributed by atoms with Gasteiger partial charge in [0.2, 0.25) is 0 Å². The summed E-state index contributed by atoms with van der Waals surface area (Å²) in [5.74, 6) is 0. The molecule has 1 aromatic heterocycles. The first-order valence-electron chi connectivity index (χ1n) is 4.04. The molecule has 0 saturated carbocycles. The van der Waals surface area contributed by atoms with Gasteiger partial charge in [0.25, 0.3) is 0 Å². The van der Waals surface area contributed by atoms with Crippen LogP contribution < -0.4 is 5.32 Å². The normalized spacial score (nSPS) is 9.58. The first-order valence-corrected chi connectivity index (χ1v) is 4.04. The zero-order valence-electron chi connectivity index (χ0n) is 7.83. The van der Waals surface area contributed by atoms with E-state index in [1.807, 2.05) is 19.4 Å². The summed E-state index contributed by atoms with van der Waals surface area (Å²) in [6.07, 6.45) is 5.92. The third kappa shape index (κ3) is 2.78. The lowest BCUT2D eigenvalue weighted by Crippen LogP contribution is -1.97. The largest absolute Gasteiger partial charge is 0.379 e. The van der Waals surface area contributed by atoms with Gasteiger partial charge in [-0.2, -0.15) is 5.10 Å². The van der Waals surface area contributed by atoms with Crippen LogP contribution in [-0.4, -0.2) is 16.3 Å². The lowest BCUT2D eigenvalue weighted by atomic mass is 10.3. The number of rotatable bonds is 3. The highest BCUT2D eigenvalue weighted by Gasteiger charge is 1.91. The van der Waals surface area contributed by atoms with Gasteiger partial charge in [-0.3, -0.25) is 4.68 Å². The van der Waals surface area contributed by atoms with Gasteiger partial charge in [-0.1, -0.05) is 11.6 Å². The predicted molar refractivity (Wildman–Crippen MR) is 51.1 cm³/mol. The monoisotopic (exact) mass is 165 g/mol. The number of nitrogens with one attached hydrogen (secondary N) is 1. The lowest BCUT2D eigenvalue weighted by molar-refractivity contribution is 0.768. The van der Waals surface area contributed by atoms with Gasteiger partial charge >= 0.3 is 0 Å². The number of hydrogen-bond acceptors (Lipinski definition) is 2. The standard InChI is InChI=1S/C9H15N3/c1-8(2)4-5-10-9-6-11-12(3)7-9/h4,6-7,10H,5H2,1-3H3. The van der Waals surface area contributed by atoms with E-state index in [4.69, 9.17) is 0 Å².